The summed E-state index contributed by atoms with van der Waals surface area (Å²) >= 11 is 3.73. The molecule has 2 fully saturated rings. The van der Waals surface area contributed by atoms with Crippen LogP contribution in [0.2, 0.25) is 0 Å². The number of aromatic amines is 1. The third-order valence-corrected chi connectivity index (χ3v) is 7.62. The van der Waals surface area contributed by atoms with E-state index >= 15 is 0 Å². The lowest BCUT2D eigenvalue weighted by atomic mass is 9.72. The molecule has 5 rings (SSSR count). The van der Waals surface area contributed by atoms with Crippen molar-refractivity contribution in [3.63, 3.8) is 0 Å². The number of halogens is 1. The van der Waals surface area contributed by atoms with E-state index in [1.165, 1.54) is 28.5 Å². The molecule has 2 aliphatic heterocycles. The molecule has 3 aliphatic rings. The Balaban J connectivity index is 1.33. The van der Waals surface area contributed by atoms with Gasteiger partial charge in [-0.05, 0) is 72.3 Å². The summed E-state index contributed by atoms with van der Waals surface area (Å²) in [4.78, 5) is 20.3. The average molecular weight is 446 g/mol. The second-order valence-corrected chi connectivity index (χ2v) is 9.52. The summed E-state index contributed by atoms with van der Waals surface area (Å²) < 4.78 is 6.87. The number of carbonyl (C=O) groups is 1. The highest BCUT2D eigenvalue weighted by Gasteiger charge is 2.40. The van der Waals surface area contributed by atoms with Crippen molar-refractivity contribution < 1.29 is 9.53 Å². The molecular formula is C22H28BrN3O2. The Hall–Kier alpha value is -1.53. The van der Waals surface area contributed by atoms with Gasteiger partial charge in [0, 0.05) is 48.4 Å². The second-order valence-electron chi connectivity index (χ2n) is 8.73. The van der Waals surface area contributed by atoms with Crippen LogP contribution in [0.4, 0.5) is 4.79 Å². The van der Waals surface area contributed by atoms with Crippen LogP contribution in [0, 0.1) is 5.92 Å². The van der Waals surface area contributed by atoms with Crippen LogP contribution in [0.5, 0.6) is 0 Å². The zero-order valence-corrected chi connectivity index (χ0v) is 18.0. The standard InChI is InChI=1S/C22H28BrN3O2/c1-25-12-14(13-28-22(27)26-8-3-2-4-9-26)10-16-15-6-5-7-18-20(15)17(11-19(16)25)21(23)24-18/h5-7,14,16,19,24H,2-4,8-13H2,1H3/t14?,16-,19-/m0/s1. The van der Waals surface area contributed by atoms with E-state index < -0.39 is 0 Å². The number of hydrogen-bond acceptors (Lipinski definition) is 3. The lowest BCUT2D eigenvalue weighted by molar-refractivity contribution is 0.0444. The first-order valence-corrected chi connectivity index (χ1v) is 11.3. The maximum Gasteiger partial charge on any atom is 0.409 e. The number of nitrogens with zero attached hydrogens (tertiary/aromatic N) is 2. The van der Waals surface area contributed by atoms with Gasteiger partial charge in [0.2, 0.25) is 0 Å². The van der Waals surface area contributed by atoms with Crippen molar-refractivity contribution in [2.24, 2.45) is 5.92 Å². The summed E-state index contributed by atoms with van der Waals surface area (Å²) in [6.07, 6.45) is 5.46. The van der Waals surface area contributed by atoms with Crippen molar-refractivity contribution in [1.29, 1.82) is 0 Å². The van der Waals surface area contributed by atoms with Crippen LogP contribution >= 0.6 is 15.9 Å². The molecule has 0 radical (unpaired) electrons. The first-order chi connectivity index (χ1) is 13.6. The predicted molar refractivity (Wildman–Crippen MR) is 114 cm³/mol. The highest BCUT2D eigenvalue weighted by Crippen LogP contribution is 2.46. The first-order valence-electron chi connectivity index (χ1n) is 10.5. The van der Waals surface area contributed by atoms with Gasteiger partial charge in [0.1, 0.15) is 0 Å². The number of likely N-dealkylation sites (tertiary alicyclic amines) is 2. The Morgan fingerprint density at radius 3 is 2.93 bits per heavy atom. The monoisotopic (exact) mass is 445 g/mol. The Morgan fingerprint density at radius 2 is 2.11 bits per heavy atom. The molecule has 6 heteroatoms. The largest absolute Gasteiger partial charge is 0.449 e. The summed E-state index contributed by atoms with van der Waals surface area (Å²) in [6.45, 7) is 3.22. The molecular weight excluding hydrogens is 418 g/mol. The predicted octanol–water partition coefficient (Wildman–Crippen LogP) is 4.51. The molecule has 1 unspecified atom stereocenters. The van der Waals surface area contributed by atoms with E-state index in [-0.39, 0.29) is 6.09 Å². The highest BCUT2D eigenvalue weighted by molar-refractivity contribution is 9.10. The number of nitrogens with one attached hydrogen (secondary N) is 1. The molecule has 1 aromatic carbocycles. The fourth-order valence-corrected chi connectivity index (χ4v) is 6.15. The number of hydrogen-bond donors (Lipinski definition) is 1. The van der Waals surface area contributed by atoms with Crippen molar-refractivity contribution >= 4 is 32.9 Å². The summed E-state index contributed by atoms with van der Waals surface area (Å²) in [5.74, 6) is 0.885. The van der Waals surface area contributed by atoms with E-state index in [0.29, 0.717) is 24.5 Å². The van der Waals surface area contributed by atoms with Crippen LogP contribution in [-0.2, 0) is 11.2 Å². The van der Waals surface area contributed by atoms with Crippen molar-refractivity contribution in [3.05, 3.63) is 33.9 Å². The fourth-order valence-electron chi connectivity index (χ4n) is 5.57. The van der Waals surface area contributed by atoms with Gasteiger partial charge >= 0.3 is 6.09 Å². The summed E-state index contributed by atoms with van der Waals surface area (Å²) in [5, 5.41) is 1.40. The minimum Gasteiger partial charge on any atom is -0.449 e. The Morgan fingerprint density at radius 1 is 1.29 bits per heavy atom. The zero-order chi connectivity index (χ0) is 19.3. The van der Waals surface area contributed by atoms with Crippen molar-refractivity contribution in [2.75, 3.05) is 33.3 Å². The molecule has 2 aromatic rings. The van der Waals surface area contributed by atoms with Crippen LogP contribution < -0.4 is 0 Å². The number of amides is 1. The minimum atomic E-state index is -0.118. The summed E-state index contributed by atoms with van der Waals surface area (Å²) in [7, 11) is 2.22. The quantitative estimate of drug-likeness (QED) is 0.739. The maximum absolute atomic E-state index is 12.4. The molecule has 1 N–H and O–H groups in total. The van der Waals surface area contributed by atoms with Crippen LogP contribution in [-0.4, -0.2) is 60.2 Å². The Labute approximate surface area is 174 Å². The fraction of sp³-hybridized carbons (Fsp3) is 0.591. The molecule has 28 heavy (non-hydrogen) atoms. The molecule has 2 saturated heterocycles. The summed E-state index contributed by atoms with van der Waals surface area (Å²) in [6, 6.07) is 7.13. The van der Waals surface area contributed by atoms with Crippen molar-refractivity contribution in [1.82, 2.24) is 14.8 Å². The van der Waals surface area contributed by atoms with Gasteiger partial charge < -0.3 is 19.5 Å². The van der Waals surface area contributed by atoms with E-state index in [1.54, 1.807) is 0 Å². The average Bonchev–Trinajstić information content (AvgIpc) is 3.04. The molecule has 0 saturated carbocycles. The number of aromatic nitrogens is 1. The molecule has 5 nitrogen and oxygen atoms in total. The number of likely N-dealkylation sites (N-methyl/N-ethyl adjacent to an activating group) is 1. The van der Waals surface area contributed by atoms with Gasteiger partial charge in [-0.2, -0.15) is 0 Å². The molecule has 3 atom stereocenters. The second kappa shape index (κ2) is 7.38. The normalized spacial score (nSPS) is 27.6. The van der Waals surface area contributed by atoms with Gasteiger partial charge in [-0.1, -0.05) is 12.1 Å². The number of fused-ring (bicyclic) bond motifs is 2. The molecule has 150 valence electrons. The third-order valence-electron chi connectivity index (χ3n) is 6.94. The molecule has 1 aliphatic carbocycles. The topological polar surface area (TPSA) is 48.6 Å². The number of rotatable bonds is 2. The van der Waals surface area contributed by atoms with Gasteiger partial charge in [-0.25, -0.2) is 4.79 Å². The lowest BCUT2D eigenvalue weighted by Crippen LogP contribution is -2.49. The maximum atomic E-state index is 12.4. The van der Waals surface area contributed by atoms with Crippen LogP contribution in [0.25, 0.3) is 10.9 Å². The highest BCUT2D eigenvalue weighted by atomic mass is 79.9. The number of benzene rings is 1. The molecule has 1 amide bonds. The van der Waals surface area contributed by atoms with Gasteiger partial charge in [-0.3, -0.25) is 0 Å². The van der Waals surface area contributed by atoms with Crippen molar-refractivity contribution in [2.45, 2.75) is 44.1 Å². The number of carbonyl (C=O) groups excluding carboxylic acids is 1. The Bertz CT molecular complexity index is 889. The van der Waals surface area contributed by atoms with Gasteiger partial charge in [-0.15, -0.1) is 0 Å². The molecule has 0 spiro atoms. The molecule has 1 aromatic heterocycles. The number of ether oxygens (including phenoxy) is 1. The van der Waals surface area contributed by atoms with Gasteiger partial charge in [0.15, 0.2) is 0 Å². The van der Waals surface area contributed by atoms with Crippen LogP contribution in [0.3, 0.4) is 0 Å². The smallest absolute Gasteiger partial charge is 0.409 e. The molecule has 0 bridgehead atoms. The number of piperidine rings is 2. The van der Waals surface area contributed by atoms with Gasteiger partial charge in [0.25, 0.3) is 0 Å². The van der Waals surface area contributed by atoms with E-state index in [1.807, 2.05) is 4.90 Å². The van der Waals surface area contributed by atoms with Crippen LogP contribution in [0.1, 0.15) is 42.7 Å². The van der Waals surface area contributed by atoms with Crippen molar-refractivity contribution in [3.8, 4) is 0 Å². The molecule has 3 heterocycles. The lowest BCUT2D eigenvalue weighted by Gasteiger charge is -2.45. The Kier molecular flexibility index (Phi) is 4.87. The van der Waals surface area contributed by atoms with E-state index in [0.717, 1.165) is 49.9 Å². The number of H-pyrrole nitrogens is 1. The zero-order valence-electron chi connectivity index (χ0n) is 16.4. The summed E-state index contributed by atoms with van der Waals surface area (Å²) in [5.41, 5.74) is 4.08. The minimum absolute atomic E-state index is 0.118. The van der Waals surface area contributed by atoms with E-state index in [9.17, 15) is 4.79 Å². The van der Waals surface area contributed by atoms with Gasteiger partial charge in [0.05, 0.1) is 11.2 Å². The van der Waals surface area contributed by atoms with E-state index in [4.69, 9.17) is 4.74 Å². The first kappa shape index (κ1) is 18.5. The third kappa shape index (κ3) is 3.14. The van der Waals surface area contributed by atoms with Crippen LogP contribution in [0.15, 0.2) is 22.8 Å². The van der Waals surface area contributed by atoms with E-state index in [2.05, 4.69) is 51.1 Å². The SMILES string of the molecule is CN1CC(COC(=O)N2CCCCC2)C[C@H]2c3cccc4[nH]c(Br)c(c34)C[C@@H]21.